The van der Waals surface area contributed by atoms with Gasteiger partial charge in [-0.15, -0.1) is 0 Å². The van der Waals surface area contributed by atoms with Crippen LogP contribution < -0.4 is 10.5 Å². The normalized spacial score (nSPS) is 37.7. The van der Waals surface area contributed by atoms with Gasteiger partial charge in [0, 0.05) is 12.0 Å². The summed E-state index contributed by atoms with van der Waals surface area (Å²) in [5, 5.41) is 7.87. The third kappa shape index (κ3) is 2.71. The Morgan fingerprint density at radius 3 is 2.68 bits per heavy atom. The van der Waals surface area contributed by atoms with E-state index in [1.807, 2.05) is 6.92 Å². The lowest BCUT2D eigenvalue weighted by atomic mass is 9.96. The number of nitrogens with two attached hydrogens (primary N) is 1. The topological polar surface area (TPSA) is 106 Å². The maximum Gasteiger partial charge on any atom is 0.243 e. The van der Waals surface area contributed by atoms with Crippen molar-refractivity contribution in [3.05, 3.63) is 10.3 Å². The van der Waals surface area contributed by atoms with Crippen molar-refractivity contribution >= 4 is 31.6 Å². The second-order valence-corrected chi connectivity index (χ2v) is 10.7. The lowest BCUT2D eigenvalue weighted by molar-refractivity contribution is 0.380. The molecule has 0 unspecified atom stereocenters. The highest BCUT2D eigenvalue weighted by Gasteiger charge is 2.50. The lowest BCUT2D eigenvalue weighted by Crippen LogP contribution is -2.50. The molecule has 1 fully saturated rings. The first kappa shape index (κ1) is 15.3. The van der Waals surface area contributed by atoms with Gasteiger partial charge in [0.15, 0.2) is 9.84 Å². The van der Waals surface area contributed by atoms with Gasteiger partial charge < -0.3 is 5.32 Å². The van der Waals surface area contributed by atoms with E-state index in [0.29, 0.717) is 13.0 Å². The largest absolute Gasteiger partial charge is 0.314 e. The maximum absolute atomic E-state index is 12.3. The van der Waals surface area contributed by atoms with Crippen LogP contribution in [0.1, 0.15) is 20.3 Å². The molecule has 0 aromatic heterocycles. The highest BCUT2D eigenvalue weighted by Crippen LogP contribution is 2.47. The van der Waals surface area contributed by atoms with E-state index in [1.165, 1.54) is 6.08 Å². The number of sulfonamides is 1. The number of hydrogen-bond acceptors (Lipinski definition) is 6. The van der Waals surface area contributed by atoms with E-state index >= 15 is 0 Å². The number of rotatable bonds is 3. The number of primary sulfonamides is 1. The highest BCUT2D eigenvalue weighted by atomic mass is 32.3. The molecule has 0 aromatic carbocycles. The van der Waals surface area contributed by atoms with E-state index in [4.69, 9.17) is 5.14 Å². The molecular weight excluding hydrogens is 308 g/mol. The number of fused-ring (bicyclic) bond motifs is 1. The fourth-order valence-electron chi connectivity index (χ4n) is 2.58. The Hall–Kier alpha value is -0.0900. The molecule has 0 saturated carbocycles. The maximum atomic E-state index is 12.3. The van der Waals surface area contributed by atoms with Crippen LogP contribution in [0.25, 0.3) is 0 Å². The van der Waals surface area contributed by atoms with Gasteiger partial charge >= 0.3 is 0 Å². The van der Waals surface area contributed by atoms with Gasteiger partial charge in [-0.2, -0.15) is 0 Å². The van der Waals surface area contributed by atoms with Gasteiger partial charge in [-0.05, 0) is 19.9 Å². The predicted molar refractivity (Wildman–Crippen MR) is 76.5 cm³/mol. The molecule has 110 valence electrons. The molecule has 19 heavy (non-hydrogen) atoms. The molecule has 2 aliphatic heterocycles. The van der Waals surface area contributed by atoms with Crippen LogP contribution in [0.15, 0.2) is 10.3 Å². The molecule has 0 bridgehead atoms. The lowest BCUT2D eigenvalue weighted by Gasteiger charge is -2.36. The summed E-state index contributed by atoms with van der Waals surface area (Å²) >= 11 is 0.862. The second-order valence-electron chi connectivity index (χ2n) is 4.89. The Kier molecular flexibility index (Phi) is 4.05. The quantitative estimate of drug-likeness (QED) is 0.755. The van der Waals surface area contributed by atoms with Gasteiger partial charge in [0.2, 0.25) is 10.0 Å². The van der Waals surface area contributed by atoms with Crippen molar-refractivity contribution in [1.29, 1.82) is 0 Å². The van der Waals surface area contributed by atoms with Gasteiger partial charge in [-0.3, -0.25) is 0 Å². The predicted octanol–water partition coefficient (Wildman–Crippen LogP) is -0.00950. The van der Waals surface area contributed by atoms with Crippen LogP contribution in [0.3, 0.4) is 0 Å². The summed E-state index contributed by atoms with van der Waals surface area (Å²) in [7, 11) is -7.17. The van der Waals surface area contributed by atoms with Crippen LogP contribution in [0.5, 0.6) is 0 Å². The van der Waals surface area contributed by atoms with Crippen LogP contribution in [-0.4, -0.2) is 39.3 Å². The summed E-state index contributed by atoms with van der Waals surface area (Å²) in [6.07, 6.45) is 1.99. The Balaban J connectivity index is 2.40. The van der Waals surface area contributed by atoms with Crippen molar-refractivity contribution in [1.82, 2.24) is 5.32 Å². The van der Waals surface area contributed by atoms with Gasteiger partial charge in [0.25, 0.3) is 0 Å². The zero-order valence-corrected chi connectivity index (χ0v) is 13.2. The molecule has 3 N–H and O–H groups in total. The molecule has 0 amide bonds. The number of hydrogen-bond donors (Lipinski definition) is 2. The van der Waals surface area contributed by atoms with Crippen LogP contribution >= 0.6 is 11.8 Å². The molecule has 1 saturated heterocycles. The summed E-state index contributed by atoms with van der Waals surface area (Å²) in [4.78, 5) is 0. The zero-order valence-electron chi connectivity index (χ0n) is 10.7. The van der Waals surface area contributed by atoms with Crippen LogP contribution in [-0.2, 0) is 19.9 Å². The minimum atomic E-state index is -3.83. The van der Waals surface area contributed by atoms with Crippen LogP contribution in [0, 0.1) is 5.92 Å². The monoisotopic (exact) mass is 326 g/mol. The Labute approximate surface area is 118 Å². The minimum Gasteiger partial charge on any atom is -0.314 e. The van der Waals surface area contributed by atoms with E-state index in [0.717, 1.165) is 11.8 Å². The molecule has 0 spiro atoms. The number of nitrogens with one attached hydrogen (secondary N) is 1. The standard InChI is InChI=1S/C10H18N2O4S3/c1-3-12-8-4-6(2)18(13,14)10-7(8)5-9(17-10)19(11,15)16/h5-8,10,12H,3-4H2,1-2H3,(H2,11,15,16)/t6-,7+,8-,10+/m0/s1. The van der Waals surface area contributed by atoms with E-state index in [1.54, 1.807) is 6.92 Å². The molecule has 9 heteroatoms. The summed E-state index contributed by atoms with van der Waals surface area (Å²) in [6, 6.07) is -0.0275. The molecular formula is C10H18N2O4S3. The molecule has 0 aromatic rings. The van der Waals surface area contributed by atoms with Crippen LogP contribution in [0.2, 0.25) is 0 Å². The first-order valence-electron chi connectivity index (χ1n) is 6.05. The summed E-state index contributed by atoms with van der Waals surface area (Å²) in [5.41, 5.74) is 0. The van der Waals surface area contributed by atoms with Crippen molar-refractivity contribution in [2.24, 2.45) is 11.1 Å². The Morgan fingerprint density at radius 2 is 2.16 bits per heavy atom. The molecule has 0 aliphatic carbocycles. The average molecular weight is 326 g/mol. The molecule has 0 radical (unpaired) electrons. The molecule has 2 heterocycles. The van der Waals surface area contributed by atoms with E-state index < -0.39 is 29.7 Å². The molecule has 6 nitrogen and oxygen atoms in total. The smallest absolute Gasteiger partial charge is 0.243 e. The first-order valence-corrected chi connectivity index (χ1v) is 10.1. The third-order valence-corrected chi connectivity index (χ3v) is 9.52. The summed E-state index contributed by atoms with van der Waals surface area (Å²) in [5.74, 6) is -0.334. The minimum absolute atomic E-state index is 0.0249. The Morgan fingerprint density at radius 1 is 1.53 bits per heavy atom. The Bertz CT molecular complexity index is 596. The first-order chi connectivity index (χ1) is 8.67. The fraction of sp³-hybridized carbons (Fsp3) is 0.800. The van der Waals surface area contributed by atoms with Crippen molar-refractivity contribution in [2.45, 2.75) is 36.1 Å². The van der Waals surface area contributed by atoms with Gasteiger partial charge in [-0.25, -0.2) is 22.0 Å². The summed E-state index contributed by atoms with van der Waals surface area (Å²) < 4.78 is 46.6. The van der Waals surface area contributed by atoms with Crippen LogP contribution in [0.4, 0.5) is 0 Å². The molecule has 2 rings (SSSR count). The average Bonchev–Trinajstić information content (AvgIpc) is 2.72. The van der Waals surface area contributed by atoms with E-state index in [9.17, 15) is 16.8 Å². The van der Waals surface area contributed by atoms with Crippen molar-refractivity contribution in [3.63, 3.8) is 0 Å². The van der Waals surface area contributed by atoms with Crippen molar-refractivity contribution in [2.75, 3.05) is 6.54 Å². The highest BCUT2D eigenvalue weighted by molar-refractivity contribution is 8.24. The molecule has 2 aliphatic rings. The van der Waals surface area contributed by atoms with Gasteiger partial charge in [0.05, 0.1) is 5.25 Å². The third-order valence-electron chi connectivity index (χ3n) is 3.56. The summed E-state index contributed by atoms with van der Waals surface area (Å²) in [6.45, 7) is 4.32. The van der Waals surface area contributed by atoms with E-state index in [2.05, 4.69) is 5.32 Å². The van der Waals surface area contributed by atoms with Crippen molar-refractivity contribution in [3.8, 4) is 0 Å². The number of thioether (sulfide) groups is 1. The van der Waals surface area contributed by atoms with Gasteiger partial charge in [-0.1, -0.05) is 24.8 Å². The van der Waals surface area contributed by atoms with Crippen molar-refractivity contribution < 1.29 is 16.8 Å². The fourth-order valence-corrected chi connectivity index (χ4v) is 7.90. The zero-order chi connectivity index (χ0) is 14.4. The number of sulfone groups is 1. The van der Waals surface area contributed by atoms with E-state index in [-0.39, 0.29) is 16.2 Å². The SMILES string of the molecule is CCN[C@H]1C[C@H](C)S(=O)(=O)[C@H]2SC(S(N)(=O)=O)=C[C@H]12. The molecule has 4 atom stereocenters. The van der Waals surface area contributed by atoms with Gasteiger partial charge in [0.1, 0.15) is 8.82 Å². The second kappa shape index (κ2) is 5.03.